The minimum absolute atomic E-state index is 0.170. The van der Waals surface area contributed by atoms with Crippen molar-refractivity contribution in [2.24, 2.45) is 11.7 Å². The fraction of sp³-hybridized carbons (Fsp3) is 0.875. The van der Waals surface area contributed by atoms with Crippen molar-refractivity contribution in [3.63, 3.8) is 0 Å². The number of carbonyl (C=O) groups is 2. The molecular formula is C16H28N4O2. The Kier molecular flexibility index (Phi) is 4.98. The Balaban J connectivity index is 1.55. The quantitative estimate of drug-likeness (QED) is 0.765. The number of piperidine rings is 1. The summed E-state index contributed by atoms with van der Waals surface area (Å²) in [5.41, 5.74) is 6.09. The van der Waals surface area contributed by atoms with Gasteiger partial charge in [-0.2, -0.15) is 0 Å². The molecule has 0 spiro atoms. The predicted octanol–water partition coefficient (Wildman–Crippen LogP) is -0.0733. The van der Waals surface area contributed by atoms with Crippen LogP contribution >= 0.6 is 0 Å². The maximum absolute atomic E-state index is 12.6. The van der Waals surface area contributed by atoms with E-state index in [1.807, 2.05) is 9.80 Å². The molecule has 6 nitrogen and oxygen atoms in total. The Morgan fingerprint density at radius 1 is 1.23 bits per heavy atom. The molecule has 0 aromatic rings. The first-order valence-electron chi connectivity index (χ1n) is 8.68. The minimum Gasteiger partial charge on any atom is -0.341 e. The molecule has 3 atom stereocenters. The first-order chi connectivity index (χ1) is 10.6. The van der Waals surface area contributed by atoms with Crippen LogP contribution in [-0.2, 0) is 9.59 Å². The third kappa shape index (κ3) is 3.43. The maximum atomic E-state index is 12.6. The van der Waals surface area contributed by atoms with Gasteiger partial charge in [-0.3, -0.25) is 9.59 Å². The number of likely N-dealkylation sites (tertiary alicyclic amines) is 1. The number of nitrogens with zero attached hydrogens (tertiary/aromatic N) is 2. The summed E-state index contributed by atoms with van der Waals surface area (Å²) in [6.07, 6.45) is 5.87. The van der Waals surface area contributed by atoms with E-state index in [4.69, 9.17) is 5.73 Å². The summed E-state index contributed by atoms with van der Waals surface area (Å²) in [6.45, 7) is 3.58. The van der Waals surface area contributed by atoms with Gasteiger partial charge in [0.15, 0.2) is 0 Å². The summed E-state index contributed by atoms with van der Waals surface area (Å²) >= 11 is 0. The molecule has 124 valence electrons. The van der Waals surface area contributed by atoms with E-state index in [1.54, 1.807) is 0 Å². The number of carbonyl (C=O) groups excluding carboxylic acids is 2. The zero-order chi connectivity index (χ0) is 15.5. The van der Waals surface area contributed by atoms with E-state index < -0.39 is 0 Å². The molecule has 2 saturated heterocycles. The van der Waals surface area contributed by atoms with Gasteiger partial charge in [0, 0.05) is 44.7 Å². The molecule has 2 heterocycles. The number of amides is 2. The summed E-state index contributed by atoms with van der Waals surface area (Å²) in [5, 5.41) is 3.11. The lowest BCUT2D eigenvalue weighted by Crippen LogP contribution is -2.57. The van der Waals surface area contributed by atoms with Crippen LogP contribution in [0.2, 0.25) is 0 Å². The number of nitrogens with two attached hydrogens (primary N) is 1. The highest BCUT2D eigenvalue weighted by molar-refractivity contribution is 5.80. The van der Waals surface area contributed by atoms with E-state index in [-0.39, 0.29) is 23.9 Å². The van der Waals surface area contributed by atoms with Crippen molar-refractivity contribution in [2.75, 3.05) is 32.7 Å². The van der Waals surface area contributed by atoms with Gasteiger partial charge in [0.05, 0.1) is 6.54 Å². The van der Waals surface area contributed by atoms with Gasteiger partial charge in [0.25, 0.3) is 0 Å². The Labute approximate surface area is 132 Å². The Hall–Kier alpha value is -1.14. The molecule has 22 heavy (non-hydrogen) atoms. The fourth-order valence-electron chi connectivity index (χ4n) is 4.12. The number of nitrogens with one attached hydrogen (secondary N) is 1. The third-order valence-electron chi connectivity index (χ3n) is 5.47. The molecule has 1 aliphatic carbocycles. The molecule has 2 amide bonds. The first kappa shape index (κ1) is 15.7. The molecule has 3 N–H and O–H groups in total. The van der Waals surface area contributed by atoms with Crippen molar-refractivity contribution in [3.05, 3.63) is 0 Å². The topological polar surface area (TPSA) is 78.7 Å². The summed E-state index contributed by atoms with van der Waals surface area (Å²) < 4.78 is 0. The lowest BCUT2D eigenvalue weighted by Gasteiger charge is -2.41. The first-order valence-corrected chi connectivity index (χ1v) is 8.68. The van der Waals surface area contributed by atoms with Crippen molar-refractivity contribution in [2.45, 2.75) is 50.6 Å². The number of hydrogen-bond donors (Lipinski definition) is 2. The highest BCUT2D eigenvalue weighted by Gasteiger charge is 2.33. The average molecular weight is 308 g/mol. The second kappa shape index (κ2) is 6.96. The molecule has 1 saturated carbocycles. The monoisotopic (exact) mass is 308 g/mol. The largest absolute Gasteiger partial charge is 0.341 e. The molecule has 2 aliphatic heterocycles. The second-order valence-electron chi connectivity index (χ2n) is 6.96. The van der Waals surface area contributed by atoms with E-state index in [2.05, 4.69) is 5.32 Å². The lowest BCUT2D eigenvalue weighted by molar-refractivity contribution is -0.141. The molecule has 3 fully saturated rings. The zero-order valence-electron chi connectivity index (χ0n) is 13.3. The average Bonchev–Trinajstić information content (AvgIpc) is 2.93. The van der Waals surface area contributed by atoms with Crippen molar-refractivity contribution in [3.8, 4) is 0 Å². The standard InChI is InChI=1S/C16H28N4O2/c17-14-5-1-3-12(14)9-15(21)19-7-2-4-13(11-19)20-8-6-18-10-16(20)22/h12-14,18H,1-11,17H2/t12-,13?,14+/m0/s1. The lowest BCUT2D eigenvalue weighted by atomic mass is 9.97. The van der Waals surface area contributed by atoms with Crippen LogP contribution in [0.1, 0.15) is 38.5 Å². The SMILES string of the molecule is N[C@@H]1CCC[C@H]1CC(=O)N1CCCC(N2CCNCC2=O)C1. The summed E-state index contributed by atoms with van der Waals surface area (Å²) in [4.78, 5) is 28.5. The van der Waals surface area contributed by atoms with E-state index in [0.29, 0.717) is 25.4 Å². The van der Waals surface area contributed by atoms with Crippen molar-refractivity contribution in [1.29, 1.82) is 0 Å². The van der Waals surface area contributed by atoms with Crippen LogP contribution in [0.5, 0.6) is 0 Å². The van der Waals surface area contributed by atoms with Crippen LogP contribution < -0.4 is 11.1 Å². The van der Waals surface area contributed by atoms with E-state index >= 15 is 0 Å². The molecular weight excluding hydrogens is 280 g/mol. The molecule has 0 bridgehead atoms. The van der Waals surface area contributed by atoms with E-state index in [0.717, 1.165) is 51.7 Å². The van der Waals surface area contributed by atoms with Crippen molar-refractivity contribution < 1.29 is 9.59 Å². The van der Waals surface area contributed by atoms with Gasteiger partial charge in [0.2, 0.25) is 11.8 Å². The number of piperazine rings is 1. The zero-order valence-corrected chi connectivity index (χ0v) is 13.3. The van der Waals surface area contributed by atoms with Crippen LogP contribution in [-0.4, -0.2) is 66.4 Å². The molecule has 0 aromatic heterocycles. The molecule has 6 heteroatoms. The summed E-state index contributed by atoms with van der Waals surface area (Å²) in [7, 11) is 0. The maximum Gasteiger partial charge on any atom is 0.236 e. The third-order valence-corrected chi connectivity index (χ3v) is 5.47. The smallest absolute Gasteiger partial charge is 0.236 e. The van der Waals surface area contributed by atoms with Crippen LogP contribution in [0.3, 0.4) is 0 Å². The summed E-state index contributed by atoms with van der Waals surface area (Å²) in [5.74, 6) is 0.756. The van der Waals surface area contributed by atoms with E-state index in [9.17, 15) is 9.59 Å². The van der Waals surface area contributed by atoms with Gasteiger partial charge in [-0.25, -0.2) is 0 Å². The molecule has 0 radical (unpaired) electrons. The highest BCUT2D eigenvalue weighted by atomic mass is 16.2. The molecule has 3 rings (SSSR count). The highest BCUT2D eigenvalue weighted by Crippen LogP contribution is 2.28. The Bertz CT molecular complexity index is 428. The fourth-order valence-corrected chi connectivity index (χ4v) is 4.12. The van der Waals surface area contributed by atoms with Crippen molar-refractivity contribution >= 4 is 11.8 Å². The van der Waals surface area contributed by atoms with Gasteiger partial charge >= 0.3 is 0 Å². The Morgan fingerprint density at radius 2 is 2.09 bits per heavy atom. The number of rotatable bonds is 3. The molecule has 3 aliphatic rings. The van der Waals surface area contributed by atoms with Crippen LogP contribution in [0, 0.1) is 5.92 Å². The predicted molar refractivity (Wildman–Crippen MR) is 84.1 cm³/mol. The van der Waals surface area contributed by atoms with Crippen LogP contribution in [0.15, 0.2) is 0 Å². The van der Waals surface area contributed by atoms with Crippen LogP contribution in [0.4, 0.5) is 0 Å². The van der Waals surface area contributed by atoms with Gasteiger partial charge < -0.3 is 20.9 Å². The van der Waals surface area contributed by atoms with Gasteiger partial charge in [-0.05, 0) is 31.6 Å². The van der Waals surface area contributed by atoms with E-state index in [1.165, 1.54) is 0 Å². The van der Waals surface area contributed by atoms with Gasteiger partial charge in [-0.1, -0.05) is 6.42 Å². The second-order valence-corrected chi connectivity index (χ2v) is 6.96. The van der Waals surface area contributed by atoms with Crippen molar-refractivity contribution in [1.82, 2.24) is 15.1 Å². The summed E-state index contributed by atoms with van der Waals surface area (Å²) in [6, 6.07) is 0.392. The minimum atomic E-state index is 0.170. The number of hydrogen-bond acceptors (Lipinski definition) is 4. The Morgan fingerprint density at radius 3 is 2.82 bits per heavy atom. The van der Waals surface area contributed by atoms with Crippen LogP contribution in [0.25, 0.3) is 0 Å². The molecule has 0 aromatic carbocycles. The normalized spacial score (nSPS) is 33.3. The molecule has 1 unspecified atom stereocenters. The van der Waals surface area contributed by atoms with Gasteiger partial charge in [0.1, 0.15) is 0 Å². The van der Waals surface area contributed by atoms with Gasteiger partial charge in [-0.15, -0.1) is 0 Å².